The average Bonchev–Trinajstić information content (AvgIpc) is 2.48. The van der Waals surface area contributed by atoms with E-state index in [1.807, 2.05) is 11.8 Å². The van der Waals surface area contributed by atoms with Crippen LogP contribution in [-0.4, -0.2) is 81.7 Å². The Balaban J connectivity index is 0.00000484. The Labute approximate surface area is 162 Å². The molecule has 1 rings (SSSR count). The van der Waals surface area contributed by atoms with Crippen molar-refractivity contribution in [1.29, 1.82) is 0 Å². The Hall–Kier alpha value is 0.260. The monoisotopic (exact) mass is 479 g/mol. The maximum atomic E-state index is 11.0. The highest BCUT2D eigenvalue weighted by atomic mass is 127. The first kappa shape index (κ1) is 23.3. The molecule has 1 saturated heterocycles. The molecule has 1 fully saturated rings. The summed E-state index contributed by atoms with van der Waals surface area (Å²) in [5.74, 6) is 2.14. The Morgan fingerprint density at radius 3 is 2.74 bits per heavy atom. The third kappa shape index (κ3) is 10.7. The second-order valence-electron chi connectivity index (χ2n) is 5.32. The first-order valence-corrected chi connectivity index (χ1v) is 11.0. The highest BCUT2D eigenvalue weighted by molar-refractivity contribution is 14.0. The Bertz CT molecular complexity index is 447. The molecule has 138 valence electrons. The summed E-state index contributed by atoms with van der Waals surface area (Å²) >= 11 is 2.03. The number of halogens is 1. The minimum atomic E-state index is -2.95. The number of nitrogens with zero attached hydrogens (tertiary/aromatic N) is 2. The van der Waals surface area contributed by atoms with Crippen molar-refractivity contribution in [3.8, 4) is 0 Å². The summed E-state index contributed by atoms with van der Waals surface area (Å²) in [5, 5.41) is 4.00. The van der Waals surface area contributed by atoms with Gasteiger partial charge in [0, 0.05) is 36.9 Å². The van der Waals surface area contributed by atoms with E-state index in [2.05, 4.69) is 29.1 Å². The second kappa shape index (κ2) is 12.6. The van der Waals surface area contributed by atoms with Gasteiger partial charge in [-0.25, -0.2) is 8.42 Å². The first-order chi connectivity index (χ1) is 10.5. The summed E-state index contributed by atoms with van der Waals surface area (Å²) in [6.07, 6.45) is 2.39. The molecule has 0 amide bonds. The van der Waals surface area contributed by atoms with Crippen LogP contribution in [0.1, 0.15) is 20.3 Å². The van der Waals surface area contributed by atoms with Crippen molar-refractivity contribution in [1.82, 2.24) is 10.2 Å². The van der Waals surface area contributed by atoms with Crippen LogP contribution in [0.2, 0.25) is 0 Å². The standard InChI is InChI=1S/C14H29N3O3S2.HI/c1-4-13-12-17(7-10-21-13)14(15-5-2)16-6-8-20-9-11-22(3,18)19;/h13H,4-12H2,1-3H3,(H,15,16);1H. The van der Waals surface area contributed by atoms with Crippen molar-refractivity contribution in [2.24, 2.45) is 4.99 Å². The number of hydrogen-bond donors (Lipinski definition) is 1. The summed E-state index contributed by atoms with van der Waals surface area (Å²) < 4.78 is 27.3. The number of guanidine groups is 1. The molecule has 0 radical (unpaired) electrons. The van der Waals surface area contributed by atoms with E-state index in [1.54, 1.807) is 0 Å². The van der Waals surface area contributed by atoms with Crippen LogP contribution < -0.4 is 5.32 Å². The van der Waals surface area contributed by atoms with Gasteiger partial charge in [-0.2, -0.15) is 11.8 Å². The van der Waals surface area contributed by atoms with E-state index in [0.717, 1.165) is 31.3 Å². The molecule has 9 heteroatoms. The minimum absolute atomic E-state index is 0. The van der Waals surface area contributed by atoms with E-state index >= 15 is 0 Å². The van der Waals surface area contributed by atoms with Crippen molar-refractivity contribution in [3.63, 3.8) is 0 Å². The summed E-state index contributed by atoms with van der Waals surface area (Å²) in [6, 6.07) is 0. The fourth-order valence-corrected chi connectivity index (χ4v) is 3.71. The van der Waals surface area contributed by atoms with Crippen molar-refractivity contribution in [3.05, 3.63) is 0 Å². The molecule has 23 heavy (non-hydrogen) atoms. The molecule has 0 aromatic rings. The maximum absolute atomic E-state index is 11.0. The molecule has 0 aliphatic carbocycles. The van der Waals surface area contributed by atoms with E-state index < -0.39 is 9.84 Å². The van der Waals surface area contributed by atoms with Crippen molar-refractivity contribution >= 4 is 51.5 Å². The molecule has 1 atom stereocenters. The van der Waals surface area contributed by atoms with Gasteiger partial charge in [0.2, 0.25) is 0 Å². The van der Waals surface area contributed by atoms with Crippen LogP contribution in [0.15, 0.2) is 4.99 Å². The lowest BCUT2D eigenvalue weighted by molar-refractivity contribution is 0.157. The molecule has 1 aliphatic rings. The van der Waals surface area contributed by atoms with Gasteiger partial charge in [0.05, 0.1) is 25.5 Å². The Morgan fingerprint density at radius 2 is 2.13 bits per heavy atom. The highest BCUT2D eigenvalue weighted by Gasteiger charge is 2.21. The van der Waals surface area contributed by atoms with Crippen molar-refractivity contribution in [2.45, 2.75) is 25.5 Å². The van der Waals surface area contributed by atoms with Gasteiger partial charge in [0.1, 0.15) is 9.84 Å². The number of ether oxygens (including phenoxy) is 1. The molecule has 1 unspecified atom stereocenters. The van der Waals surface area contributed by atoms with Gasteiger partial charge in [0.15, 0.2) is 5.96 Å². The van der Waals surface area contributed by atoms with E-state index in [4.69, 9.17) is 4.74 Å². The summed E-state index contributed by atoms with van der Waals surface area (Å²) in [6.45, 7) is 8.41. The van der Waals surface area contributed by atoms with Gasteiger partial charge in [0.25, 0.3) is 0 Å². The topological polar surface area (TPSA) is 71.0 Å². The predicted molar refractivity (Wildman–Crippen MR) is 110 cm³/mol. The molecule has 0 aromatic carbocycles. The molecular weight excluding hydrogens is 449 g/mol. The summed E-state index contributed by atoms with van der Waals surface area (Å²) in [5.41, 5.74) is 0. The third-order valence-electron chi connectivity index (χ3n) is 3.32. The summed E-state index contributed by atoms with van der Waals surface area (Å²) in [7, 11) is -2.95. The number of aliphatic imine (C=N–C) groups is 1. The van der Waals surface area contributed by atoms with Crippen LogP contribution in [0.4, 0.5) is 0 Å². The molecular formula is C14H30IN3O3S2. The van der Waals surface area contributed by atoms with E-state index in [-0.39, 0.29) is 36.3 Å². The van der Waals surface area contributed by atoms with E-state index in [0.29, 0.717) is 18.4 Å². The van der Waals surface area contributed by atoms with E-state index in [9.17, 15) is 8.42 Å². The molecule has 1 aliphatic heterocycles. The highest BCUT2D eigenvalue weighted by Crippen LogP contribution is 2.20. The first-order valence-electron chi connectivity index (χ1n) is 7.86. The lowest BCUT2D eigenvalue weighted by Gasteiger charge is -2.34. The second-order valence-corrected chi connectivity index (χ2v) is 8.99. The van der Waals surface area contributed by atoms with Gasteiger partial charge in [-0.05, 0) is 13.3 Å². The summed E-state index contributed by atoms with van der Waals surface area (Å²) in [4.78, 5) is 6.90. The molecule has 0 aromatic heterocycles. The molecule has 0 spiro atoms. The fraction of sp³-hybridized carbons (Fsp3) is 0.929. The number of nitrogens with one attached hydrogen (secondary N) is 1. The van der Waals surface area contributed by atoms with Crippen LogP contribution in [0, 0.1) is 0 Å². The van der Waals surface area contributed by atoms with E-state index in [1.165, 1.54) is 12.7 Å². The van der Waals surface area contributed by atoms with Crippen LogP contribution in [0.5, 0.6) is 0 Å². The quantitative estimate of drug-likeness (QED) is 0.246. The number of hydrogen-bond acceptors (Lipinski definition) is 5. The van der Waals surface area contributed by atoms with Crippen molar-refractivity contribution < 1.29 is 13.2 Å². The van der Waals surface area contributed by atoms with Gasteiger partial charge < -0.3 is 15.0 Å². The third-order valence-corrected chi connectivity index (χ3v) is 5.60. The molecule has 6 nitrogen and oxygen atoms in total. The van der Waals surface area contributed by atoms with Crippen LogP contribution in [-0.2, 0) is 14.6 Å². The average molecular weight is 479 g/mol. The Kier molecular flexibility index (Phi) is 12.7. The Morgan fingerprint density at radius 1 is 1.39 bits per heavy atom. The van der Waals surface area contributed by atoms with Gasteiger partial charge in [-0.3, -0.25) is 4.99 Å². The predicted octanol–water partition coefficient (Wildman–Crippen LogP) is 1.46. The lowest BCUT2D eigenvalue weighted by Crippen LogP contribution is -2.48. The maximum Gasteiger partial charge on any atom is 0.194 e. The zero-order valence-corrected chi connectivity index (χ0v) is 18.2. The number of sulfone groups is 1. The van der Waals surface area contributed by atoms with Gasteiger partial charge in [-0.1, -0.05) is 6.92 Å². The molecule has 1 heterocycles. The smallest absolute Gasteiger partial charge is 0.194 e. The normalized spacial score (nSPS) is 19.3. The lowest BCUT2D eigenvalue weighted by atomic mass is 10.3. The van der Waals surface area contributed by atoms with Gasteiger partial charge in [-0.15, -0.1) is 24.0 Å². The zero-order chi connectivity index (χ0) is 16.4. The number of thioether (sulfide) groups is 1. The number of rotatable bonds is 8. The van der Waals surface area contributed by atoms with Crippen molar-refractivity contribution in [2.75, 3.05) is 57.2 Å². The van der Waals surface area contributed by atoms with Gasteiger partial charge >= 0.3 is 0 Å². The molecule has 0 bridgehead atoms. The molecule has 0 saturated carbocycles. The van der Waals surface area contributed by atoms with Crippen LogP contribution in [0.3, 0.4) is 0 Å². The van der Waals surface area contributed by atoms with Crippen LogP contribution >= 0.6 is 35.7 Å². The zero-order valence-electron chi connectivity index (χ0n) is 14.3. The SMILES string of the molecule is CCNC(=NCCOCCS(C)(=O)=O)N1CCSC(CC)C1.I. The minimum Gasteiger partial charge on any atom is -0.378 e. The fourth-order valence-electron chi connectivity index (χ4n) is 2.11. The van der Waals surface area contributed by atoms with Crippen LogP contribution in [0.25, 0.3) is 0 Å². The largest absolute Gasteiger partial charge is 0.378 e. The molecule has 1 N–H and O–H groups in total.